The Morgan fingerprint density at radius 1 is 1.50 bits per heavy atom. The van der Waals surface area contributed by atoms with Crippen molar-refractivity contribution in [1.29, 1.82) is 0 Å². The van der Waals surface area contributed by atoms with Crippen molar-refractivity contribution in [2.24, 2.45) is 0 Å². The minimum Gasteiger partial charge on any atom is -1.00 e. The summed E-state index contributed by atoms with van der Waals surface area (Å²) in [6.45, 7) is 0.425. The van der Waals surface area contributed by atoms with Gasteiger partial charge in [0.1, 0.15) is 12.6 Å². The number of nitrogens with zero attached hydrogens (tertiary/aromatic N) is 1. The number of aliphatic hydroxyl groups is 1. The minimum absolute atomic E-state index is 0. The van der Waals surface area contributed by atoms with Crippen LogP contribution >= 0.6 is 0 Å². The fourth-order valence-corrected chi connectivity index (χ4v) is 0.889. The van der Waals surface area contributed by atoms with Crippen molar-refractivity contribution in [2.45, 2.75) is 12.5 Å². The molecule has 0 heterocycles. The molecule has 0 radical (unpaired) electrons. The van der Waals surface area contributed by atoms with E-state index in [2.05, 4.69) is 0 Å². The first-order chi connectivity index (χ1) is 4.81. The largest absolute Gasteiger partial charge is 1.00 e. The Labute approximate surface area is 78.8 Å². The first-order valence-corrected chi connectivity index (χ1v) is 3.49. The van der Waals surface area contributed by atoms with E-state index in [1.165, 1.54) is 0 Å². The lowest BCUT2D eigenvalue weighted by atomic mass is 10.2. The molecule has 0 amide bonds. The Bertz CT molecular complexity index is 144. The second-order valence-corrected chi connectivity index (χ2v) is 3.70. The lowest BCUT2D eigenvalue weighted by molar-refractivity contribution is -0.873. The SMILES string of the molecule is C[N+](C)(C)CC(O)CC(=O)[O-].[Cl-]. The van der Waals surface area contributed by atoms with Gasteiger partial charge in [-0.1, -0.05) is 0 Å². The van der Waals surface area contributed by atoms with Gasteiger partial charge in [-0.15, -0.1) is 0 Å². The van der Waals surface area contributed by atoms with Crippen LogP contribution in [-0.2, 0) is 4.79 Å². The molecule has 0 rings (SSSR count). The van der Waals surface area contributed by atoms with E-state index in [9.17, 15) is 9.90 Å². The molecule has 0 aliphatic heterocycles. The highest BCUT2D eigenvalue weighted by molar-refractivity contribution is 5.64. The van der Waals surface area contributed by atoms with Crippen LogP contribution in [0.2, 0.25) is 0 Å². The van der Waals surface area contributed by atoms with E-state index in [4.69, 9.17) is 5.11 Å². The molecular weight excluding hydrogens is 182 g/mol. The third-order valence-corrected chi connectivity index (χ3v) is 1.16. The van der Waals surface area contributed by atoms with Crippen LogP contribution in [0.3, 0.4) is 0 Å². The second kappa shape index (κ2) is 5.35. The number of carbonyl (C=O) groups excluding carboxylic acids is 1. The molecule has 0 aliphatic carbocycles. The van der Waals surface area contributed by atoms with E-state index in [0.717, 1.165) is 0 Å². The highest BCUT2D eigenvalue weighted by Gasteiger charge is 2.14. The predicted octanol–water partition coefficient (Wildman–Crippen LogP) is -4.80. The summed E-state index contributed by atoms with van der Waals surface area (Å²) in [5, 5.41) is 19.1. The summed E-state index contributed by atoms with van der Waals surface area (Å²) in [5.41, 5.74) is 0. The molecule has 1 atom stereocenters. The first-order valence-electron chi connectivity index (χ1n) is 3.49. The Morgan fingerprint density at radius 2 is 1.92 bits per heavy atom. The zero-order valence-electron chi connectivity index (χ0n) is 7.58. The number of carboxylic acid groups (broad SMARTS) is 1. The monoisotopic (exact) mass is 196 g/mol. The highest BCUT2D eigenvalue weighted by Crippen LogP contribution is 1.97. The number of hydrogen-bond donors (Lipinski definition) is 1. The first kappa shape index (κ1) is 14.2. The zero-order chi connectivity index (χ0) is 9.07. The Hall–Kier alpha value is -0.320. The van der Waals surface area contributed by atoms with Crippen LogP contribution < -0.4 is 17.5 Å². The average molecular weight is 197 g/mol. The summed E-state index contributed by atoms with van der Waals surface area (Å²) >= 11 is 0. The number of quaternary nitrogens is 1. The van der Waals surface area contributed by atoms with Crippen LogP contribution in [0, 0.1) is 0 Å². The van der Waals surface area contributed by atoms with Crippen LogP contribution in [0.4, 0.5) is 0 Å². The van der Waals surface area contributed by atoms with Gasteiger partial charge in [0.05, 0.1) is 21.1 Å². The van der Waals surface area contributed by atoms with Gasteiger partial charge in [-0.05, 0) is 0 Å². The molecule has 0 saturated heterocycles. The highest BCUT2D eigenvalue weighted by atomic mass is 35.5. The van der Waals surface area contributed by atoms with Gasteiger partial charge in [0.2, 0.25) is 0 Å². The second-order valence-electron chi connectivity index (χ2n) is 3.70. The van der Waals surface area contributed by atoms with Gasteiger partial charge in [0.25, 0.3) is 0 Å². The molecule has 12 heavy (non-hydrogen) atoms. The lowest BCUT2D eigenvalue weighted by Gasteiger charge is -2.26. The Balaban J connectivity index is 0. The van der Waals surface area contributed by atoms with E-state index in [1.807, 2.05) is 21.1 Å². The summed E-state index contributed by atoms with van der Waals surface area (Å²) in [4.78, 5) is 10.0. The quantitative estimate of drug-likeness (QED) is 0.459. The summed E-state index contributed by atoms with van der Waals surface area (Å²) in [6, 6.07) is 0. The third-order valence-electron chi connectivity index (χ3n) is 1.16. The molecule has 0 aromatic carbocycles. The predicted molar refractivity (Wildman–Crippen MR) is 38.5 cm³/mol. The van der Waals surface area contributed by atoms with E-state index in [1.54, 1.807) is 0 Å². The summed E-state index contributed by atoms with van der Waals surface area (Å²) in [7, 11) is 5.66. The lowest BCUT2D eigenvalue weighted by Crippen LogP contribution is -3.00. The van der Waals surface area contributed by atoms with Crippen molar-refractivity contribution in [1.82, 2.24) is 0 Å². The molecule has 1 unspecified atom stereocenters. The molecule has 0 bridgehead atoms. The van der Waals surface area contributed by atoms with Crippen molar-refractivity contribution >= 4 is 5.97 Å². The van der Waals surface area contributed by atoms with Crippen molar-refractivity contribution in [2.75, 3.05) is 27.7 Å². The van der Waals surface area contributed by atoms with Crippen LogP contribution in [0.5, 0.6) is 0 Å². The van der Waals surface area contributed by atoms with E-state index >= 15 is 0 Å². The maximum absolute atomic E-state index is 10.0. The Kier molecular flexibility index (Phi) is 6.34. The molecule has 4 nitrogen and oxygen atoms in total. The molecule has 0 spiro atoms. The molecular formula is C7H15ClNO3-. The number of halogens is 1. The van der Waals surface area contributed by atoms with E-state index in [0.29, 0.717) is 11.0 Å². The zero-order valence-corrected chi connectivity index (χ0v) is 8.34. The molecule has 74 valence electrons. The molecule has 5 heteroatoms. The fourth-order valence-electron chi connectivity index (χ4n) is 0.889. The van der Waals surface area contributed by atoms with Gasteiger partial charge < -0.3 is 31.9 Å². The Morgan fingerprint density at radius 3 is 2.17 bits per heavy atom. The number of likely N-dealkylation sites (N-methyl/N-ethyl adjacent to an activating group) is 1. The van der Waals surface area contributed by atoms with Gasteiger partial charge >= 0.3 is 0 Å². The number of rotatable bonds is 4. The van der Waals surface area contributed by atoms with Gasteiger partial charge in [0, 0.05) is 12.4 Å². The van der Waals surface area contributed by atoms with Crippen molar-refractivity contribution in [3.05, 3.63) is 0 Å². The van der Waals surface area contributed by atoms with Crippen molar-refractivity contribution in [3.8, 4) is 0 Å². The van der Waals surface area contributed by atoms with E-state index in [-0.39, 0.29) is 18.8 Å². The minimum atomic E-state index is -1.20. The molecule has 1 N–H and O–H groups in total. The number of hydrogen-bond acceptors (Lipinski definition) is 3. The molecule has 0 saturated carbocycles. The van der Waals surface area contributed by atoms with Crippen LogP contribution in [0.25, 0.3) is 0 Å². The standard InChI is InChI=1S/C7H15NO3.ClH/c1-8(2,3)5-6(9)4-7(10)11;/h6,9H,4-5H2,1-3H3;1H/p-1. The average Bonchev–Trinajstić information content (AvgIpc) is 1.53. The number of aliphatic carboxylic acids is 1. The summed E-state index contributed by atoms with van der Waals surface area (Å²) in [5.74, 6) is -1.20. The van der Waals surface area contributed by atoms with Crippen molar-refractivity contribution < 1.29 is 31.9 Å². The van der Waals surface area contributed by atoms with E-state index < -0.39 is 12.1 Å². The number of carbonyl (C=O) groups is 1. The fraction of sp³-hybridized carbons (Fsp3) is 0.857. The maximum Gasteiger partial charge on any atom is 0.108 e. The third kappa shape index (κ3) is 9.68. The molecule has 0 aromatic rings. The van der Waals surface area contributed by atoms with Crippen LogP contribution in [0.15, 0.2) is 0 Å². The number of aliphatic hydroxyl groups excluding tert-OH is 1. The molecule has 0 aliphatic rings. The van der Waals surface area contributed by atoms with Gasteiger partial charge in [-0.2, -0.15) is 0 Å². The van der Waals surface area contributed by atoms with Gasteiger partial charge in [-0.25, -0.2) is 0 Å². The van der Waals surface area contributed by atoms with Gasteiger partial charge in [0.15, 0.2) is 0 Å². The molecule has 0 fully saturated rings. The maximum atomic E-state index is 10.0. The smallest absolute Gasteiger partial charge is 0.108 e. The number of carboxylic acids is 1. The summed E-state index contributed by atoms with van der Waals surface area (Å²) < 4.78 is 0.550. The normalized spacial score (nSPS) is 13.3. The van der Waals surface area contributed by atoms with Gasteiger partial charge in [-0.3, -0.25) is 0 Å². The summed E-state index contributed by atoms with van der Waals surface area (Å²) in [6.07, 6.45) is -1.09. The van der Waals surface area contributed by atoms with Crippen LogP contribution in [-0.4, -0.2) is 49.4 Å². The molecule has 0 aromatic heterocycles. The van der Waals surface area contributed by atoms with Crippen LogP contribution in [0.1, 0.15) is 6.42 Å². The topological polar surface area (TPSA) is 60.4 Å². The van der Waals surface area contributed by atoms with Crippen molar-refractivity contribution in [3.63, 3.8) is 0 Å².